The van der Waals surface area contributed by atoms with E-state index in [9.17, 15) is 14.4 Å². The van der Waals surface area contributed by atoms with Crippen molar-refractivity contribution < 1.29 is 14.4 Å². The summed E-state index contributed by atoms with van der Waals surface area (Å²) < 4.78 is 1.64. The van der Waals surface area contributed by atoms with Gasteiger partial charge in [0.15, 0.2) is 0 Å². The van der Waals surface area contributed by atoms with Gasteiger partial charge in [0.1, 0.15) is 5.69 Å². The molecule has 0 aliphatic carbocycles. The zero-order chi connectivity index (χ0) is 17.0. The molecule has 1 aromatic heterocycles. The molecule has 3 N–H and O–H groups in total. The standard InChI is InChI=1S/C16H18N4O3/c1-10-6-7-12(9-13(10)17-11(2)21)15(22)18-19-16(23)14-5-4-8-20(14)3/h4-9H,1-3H3,(H,17,21)(H,18,22)(H,19,23). The molecular formula is C16H18N4O3. The Labute approximate surface area is 133 Å². The fraction of sp³-hybridized carbons (Fsp3) is 0.188. The minimum absolute atomic E-state index is 0.220. The number of rotatable bonds is 3. The van der Waals surface area contributed by atoms with E-state index in [0.29, 0.717) is 16.9 Å². The topological polar surface area (TPSA) is 92.2 Å². The molecule has 0 aliphatic heterocycles. The number of carbonyl (C=O) groups is 3. The molecule has 7 heteroatoms. The zero-order valence-corrected chi connectivity index (χ0v) is 13.1. The van der Waals surface area contributed by atoms with Crippen molar-refractivity contribution in [2.24, 2.45) is 7.05 Å². The summed E-state index contributed by atoms with van der Waals surface area (Å²) in [6.45, 7) is 3.22. The van der Waals surface area contributed by atoms with Crippen molar-refractivity contribution in [3.8, 4) is 0 Å². The highest BCUT2D eigenvalue weighted by atomic mass is 16.2. The van der Waals surface area contributed by atoms with Crippen molar-refractivity contribution in [3.05, 3.63) is 53.3 Å². The molecule has 23 heavy (non-hydrogen) atoms. The number of aromatic nitrogens is 1. The van der Waals surface area contributed by atoms with E-state index < -0.39 is 11.8 Å². The summed E-state index contributed by atoms with van der Waals surface area (Å²) >= 11 is 0. The number of hydrazine groups is 1. The average molecular weight is 314 g/mol. The Hall–Kier alpha value is -3.09. The first kappa shape index (κ1) is 16.3. The Morgan fingerprint density at radius 3 is 2.35 bits per heavy atom. The molecule has 0 fully saturated rings. The van der Waals surface area contributed by atoms with Gasteiger partial charge in [-0.2, -0.15) is 0 Å². The van der Waals surface area contributed by atoms with Gasteiger partial charge >= 0.3 is 0 Å². The summed E-state index contributed by atoms with van der Waals surface area (Å²) in [4.78, 5) is 35.2. The molecule has 0 saturated carbocycles. The second-order valence-corrected chi connectivity index (χ2v) is 5.12. The maximum Gasteiger partial charge on any atom is 0.286 e. The van der Waals surface area contributed by atoms with Gasteiger partial charge in [0.25, 0.3) is 11.8 Å². The van der Waals surface area contributed by atoms with Crippen LogP contribution in [-0.4, -0.2) is 22.3 Å². The number of anilines is 1. The highest BCUT2D eigenvalue weighted by Gasteiger charge is 2.12. The third-order valence-electron chi connectivity index (χ3n) is 3.28. The fourth-order valence-electron chi connectivity index (χ4n) is 2.03. The lowest BCUT2D eigenvalue weighted by Gasteiger charge is -2.11. The first-order valence-electron chi connectivity index (χ1n) is 6.98. The summed E-state index contributed by atoms with van der Waals surface area (Å²) in [5, 5.41) is 2.65. The molecular weight excluding hydrogens is 296 g/mol. The molecule has 1 heterocycles. The lowest BCUT2D eigenvalue weighted by atomic mass is 10.1. The number of nitrogens with zero attached hydrogens (tertiary/aromatic N) is 1. The van der Waals surface area contributed by atoms with E-state index in [1.807, 2.05) is 6.92 Å². The smallest absolute Gasteiger partial charge is 0.286 e. The molecule has 2 aromatic rings. The highest BCUT2D eigenvalue weighted by molar-refractivity contribution is 6.00. The van der Waals surface area contributed by atoms with Crippen molar-refractivity contribution in [1.29, 1.82) is 0 Å². The van der Waals surface area contributed by atoms with E-state index in [1.165, 1.54) is 6.92 Å². The Kier molecular flexibility index (Phi) is 4.80. The van der Waals surface area contributed by atoms with Crippen LogP contribution in [-0.2, 0) is 11.8 Å². The third-order valence-corrected chi connectivity index (χ3v) is 3.28. The van der Waals surface area contributed by atoms with Gasteiger partial charge < -0.3 is 9.88 Å². The van der Waals surface area contributed by atoms with Gasteiger partial charge in [0, 0.05) is 31.4 Å². The minimum atomic E-state index is -0.473. The monoisotopic (exact) mass is 314 g/mol. The molecule has 0 radical (unpaired) electrons. The molecule has 0 aliphatic rings. The van der Waals surface area contributed by atoms with Gasteiger partial charge in [0.05, 0.1) is 0 Å². The van der Waals surface area contributed by atoms with Crippen molar-refractivity contribution in [2.75, 3.05) is 5.32 Å². The first-order chi connectivity index (χ1) is 10.9. The summed E-state index contributed by atoms with van der Waals surface area (Å²) in [6.07, 6.45) is 1.73. The molecule has 0 saturated heterocycles. The quantitative estimate of drug-likeness (QED) is 0.747. The van der Waals surface area contributed by atoms with Crippen LogP contribution in [0.3, 0.4) is 0 Å². The van der Waals surface area contributed by atoms with Crippen LogP contribution in [0.2, 0.25) is 0 Å². The Morgan fingerprint density at radius 2 is 1.74 bits per heavy atom. The van der Waals surface area contributed by atoms with E-state index in [2.05, 4.69) is 16.2 Å². The van der Waals surface area contributed by atoms with Gasteiger partial charge in [0.2, 0.25) is 5.91 Å². The second-order valence-electron chi connectivity index (χ2n) is 5.12. The number of aryl methyl sites for hydroxylation is 2. The maximum atomic E-state index is 12.1. The molecule has 0 unspecified atom stereocenters. The Bertz CT molecular complexity index is 764. The SMILES string of the molecule is CC(=O)Nc1cc(C(=O)NNC(=O)c2cccn2C)ccc1C. The van der Waals surface area contributed by atoms with E-state index in [4.69, 9.17) is 0 Å². The van der Waals surface area contributed by atoms with Crippen molar-refractivity contribution >= 4 is 23.4 Å². The van der Waals surface area contributed by atoms with Crippen LogP contribution in [0.1, 0.15) is 33.3 Å². The number of amides is 3. The molecule has 2 rings (SSSR count). The molecule has 120 valence electrons. The number of benzene rings is 1. The van der Waals surface area contributed by atoms with Crippen LogP contribution in [0.25, 0.3) is 0 Å². The highest BCUT2D eigenvalue weighted by Crippen LogP contribution is 2.16. The summed E-state index contributed by atoms with van der Waals surface area (Å²) in [5.41, 5.74) is 6.84. The second kappa shape index (κ2) is 6.78. The normalized spacial score (nSPS) is 10.0. The predicted octanol–water partition coefficient (Wildman–Crippen LogP) is 1.37. The lowest BCUT2D eigenvalue weighted by Crippen LogP contribution is -2.42. The van der Waals surface area contributed by atoms with E-state index in [-0.39, 0.29) is 5.91 Å². The van der Waals surface area contributed by atoms with Crippen molar-refractivity contribution in [1.82, 2.24) is 15.4 Å². The maximum absolute atomic E-state index is 12.1. The van der Waals surface area contributed by atoms with Gasteiger partial charge in [-0.05, 0) is 36.8 Å². The largest absolute Gasteiger partial charge is 0.347 e. The molecule has 0 bridgehead atoms. The Morgan fingerprint density at radius 1 is 1.04 bits per heavy atom. The molecule has 1 aromatic carbocycles. The molecule has 0 spiro atoms. The number of hydrogen-bond donors (Lipinski definition) is 3. The Balaban J connectivity index is 2.05. The molecule has 0 atom stereocenters. The number of carbonyl (C=O) groups excluding carboxylic acids is 3. The summed E-state index contributed by atoms with van der Waals surface area (Å²) in [7, 11) is 1.73. The number of nitrogens with one attached hydrogen (secondary N) is 3. The van der Waals surface area contributed by atoms with Crippen LogP contribution >= 0.6 is 0 Å². The zero-order valence-electron chi connectivity index (χ0n) is 13.1. The van der Waals surface area contributed by atoms with Crippen LogP contribution in [0.5, 0.6) is 0 Å². The van der Waals surface area contributed by atoms with Crippen LogP contribution < -0.4 is 16.2 Å². The lowest BCUT2D eigenvalue weighted by molar-refractivity contribution is -0.114. The van der Waals surface area contributed by atoms with E-state index in [1.54, 1.807) is 48.1 Å². The number of hydrogen-bond acceptors (Lipinski definition) is 3. The fourth-order valence-corrected chi connectivity index (χ4v) is 2.03. The average Bonchev–Trinajstić information content (AvgIpc) is 2.92. The molecule has 7 nitrogen and oxygen atoms in total. The van der Waals surface area contributed by atoms with Crippen molar-refractivity contribution in [3.63, 3.8) is 0 Å². The van der Waals surface area contributed by atoms with E-state index >= 15 is 0 Å². The van der Waals surface area contributed by atoms with Gasteiger partial charge in [-0.3, -0.25) is 25.2 Å². The van der Waals surface area contributed by atoms with Crippen LogP contribution in [0.4, 0.5) is 5.69 Å². The van der Waals surface area contributed by atoms with Crippen LogP contribution in [0.15, 0.2) is 36.5 Å². The summed E-state index contributed by atoms with van der Waals surface area (Å²) in [6, 6.07) is 8.27. The predicted molar refractivity (Wildman–Crippen MR) is 85.8 cm³/mol. The first-order valence-corrected chi connectivity index (χ1v) is 6.98. The van der Waals surface area contributed by atoms with Gasteiger partial charge in [-0.25, -0.2) is 0 Å². The third kappa shape index (κ3) is 3.97. The summed E-state index contributed by atoms with van der Waals surface area (Å²) in [5.74, 6) is -1.11. The van der Waals surface area contributed by atoms with Gasteiger partial charge in [-0.15, -0.1) is 0 Å². The van der Waals surface area contributed by atoms with Crippen molar-refractivity contribution in [2.45, 2.75) is 13.8 Å². The van der Waals surface area contributed by atoms with Gasteiger partial charge in [-0.1, -0.05) is 6.07 Å². The van der Waals surface area contributed by atoms with Crippen LogP contribution in [0, 0.1) is 6.92 Å². The molecule has 3 amide bonds. The minimum Gasteiger partial charge on any atom is -0.347 e. The van der Waals surface area contributed by atoms with E-state index in [0.717, 1.165) is 5.56 Å².